The third-order valence-electron chi connectivity index (χ3n) is 5.08. The van der Waals surface area contributed by atoms with Crippen LogP contribution in [0.15, 0.2) is 35.4 Å². The largest absolute Gasteiger partial charge is 0.375 e. The normalized spacial score (nSPS) is 25.5. The smallest absolute Gasteiger partial charge is 0.245 e. The minimum Gasteiger partial charge on any atom is -0.375 e. The number of fused-ring (bicyclic) bond motifs is 2. The van der Waals surface area contributed by atoms with E-state index in [9.17, 15) is 8.42 Å². The number of aryl methyl sites for hydroxylation is 1. The van der Waals surface area contributed by atoms with Crippen molar-refractivity contribution in [1.82, 2.24) is 9.29 Å². The topological polar surface area (TPSA) is 59.5 Å². The third kappa shape index (κ3) is 2.62. The summed E-state index contributed by atoms with van der Waals surface area (Å²) in [4.78, 5) is 4.72. The van der Waals surface area contributed by atoms with Crippen molar-refractivity contribution >= 4 is 20.9 Å². The van der Waals surface area contributed by atoms with Gasteiger partial charge in [-0.25, -0.2) is 8.42 Å². The Labute approximate surface area is 142 Å². The summed E-state index contributed by atoms with van der Waals surface area (Å²) in [6, 6.07) is 7.32. The summed E-state index contributed by atoms with van der Waals surface area (Å²) in [6.45, 7) is 2.85. The number of hydrogen-bond donors (Lipinski definition) is 0. The first-order valence-corrected chi connectivity index (χ1v) is 10.0. The van der Waals surface area contributed by atoms with E-state index in [0.29, 0.717) is 23.6 Å². The molecule has 1 saturated heterocycles. The van der Waals surface area contributed by atoms with Gasteiger partial charge in [-0.2, -0.15) is 4.31 Å². The van der Waals surface area contributed by atoms with E-state index in [2.05, 4.69) is 4.98 Å². The highest BCUT2D eigenvalue weighted by Crippen LogP contribution is 2.34. The fourth-order valence-electron chi connectivity index (χ4n) is 3.94. The van der Waals surface area contributed by atoms with Gasteiger partial charge in [-0.05, 0) is 37.5 Å². The van der Waals surface area contributed by atoms with Crippen molar-refractivity contribution in [1.29, 1.82) is 0 Å². The molecular weight excluding hydrogens is 324 g/mol. The highest BCUT2D eigenvalue weighted by molar-refractivity contribution is 7.89. The molecule has 1 aliphatic carbocycles. The van der Waals surface area contributed by atoms with Crippen LogP contribution in [-0.2, 0) is 14.8 Å². The molecule has 0 amide bonds. The summed E-state index contributed by atoms with van der Waals surface area (Å²) < 4.78 is 34.2. The van der Waals surface area contributed by atoms with Gasteiger partial charge in [0.2, 0.25) is 10.0 Å². The Kier molecular flexibility index (Phi) is 4.06. The molecule has 0 spiro atoms. The first-order valence-electron chi connectivity index (χ1n) is 8.56. The molecule has 1 aliphatic heterocycles. The maximum atomic E-state index is 13.4. The number of rotatable bonds is 2. The van der Waals surface area contributed by atoms with E-state index in [1.807, 2.05) is 19.1 Å². The van der Waals surface area contributed by atoms with Crippen molar-refractivity contribution in [2.45, 2.75) is 49.6 Å². The summed E-state index contributed by atoms with van der Waals surface area (Å²) in [7, 11) is -3.58. The second-order valence-electron chi connectivity index (χ2n) is 6.72. The SMILES string of the molecule is Cc1cnc2c(S(=O)(=O)N3CCO[C@H]4CCCC[C@@H]43)cccc2c1. The minimum atomic E-state index is -3.58. The van der Waals surface area contributed by atoms with E-state index in [1.165, 1.54) is 0 Å². The molecule has 0 radical (unpaired) electrons. The molecule has 1 aromatic heterocycles. The molecule has 4 rings (SSSR count). The molecule has 2 aromatic rings. The molecular formula is C18H22N2O3S. The monoisotopic (exact) mass is 346 g/mol. The molecule has 1 saturated carbocycles. The Bertz CT molecular complexity index is 864. The maximum absolute atomic E-state index is 13.4. The van der Waals surface area contributed by atoms with E-state index in [0.717, 1.165) is 36.6 Å². The van der Waals surface area contributed by atoms with Crippen molar-refractivity contribution in [3.05, 3.63) is 36.0 Å². The van der Waals surface area contributed by atoms with Gasteiger partial charge in [-0.3, -0.25) is 4.98 Å². The summed E-state index contributed by atoms with van der Waals surface area (Å²) in [5.74, 6) is 0. The van der Waals surface area contributed by atoms with Crippen LogP contribution in [0.4, 0.5) is 0 Å². The number of benzene rings is 1. The molecule has 0 bridgehead atoms. The van der Waals surface area contributed by atoms with Crippen molar-refractivity contribution in [2.75, 3.05) is 13.2 Å². The first-order chi connectivity index (χ1) is 11.6. The molecule has 2 fully saturated rings. The zero-order valence-electron chi connectivity index (χ0n) is 13.8. The standard InChI is InChI=1S/C18H22N2O3S/c1-13-11-14-5-4-8-17(18(14)19-12-13)24(21,22)20-9-10-23-16-7-3-2-6-15(16)20/h4-5,8,11-12,15-16H,2-3,6-7,9-10H2,1H3/t15-,16-/m0/s1. The molecule has 2 aliphatic rings. The molecule has 0 unspecified atom stereocenters. The Morgan fingerprint density at radius 1 is 1.25 bits per heavy atom. The summed E-state index contributed by atoms with van der Waals surface area (Å²) in [5.41, 5.74) is 1.58. The van der Waals surface area contributed by atoms with E-state index in [1.54, 1.807) is 22.6 Å². The summed E-state index contributed by atoms with van der Waals surface area (Å²) >= 11 is 0. The van der Waals surface area contributed by atoms with Gasteiger partial charge < -0.3 is 4.74 Å². The highest BCUT2D eigenvalue weighted by Gasteiger charge is 2.41. The maximum Gasteiger partial charge on any atom is 0.245 e. The molecule has 6 heteroatoms. The van der Waals surface area contributed by atoms with E-state index in [-0.39, 0.29) is 12.1 Å². The lowest BCUT2D eigenvalue weighted by atomic mass is 9.91. The van der Waals surface area contributed by atoms with E-state index >= 15 is 0 Å². The molecule has 1 aromatic carbocycles. The van der Waals surface area contributed by atoms with Crippen molar-refractivity contribution in [3.63, 3.8) is 0 Å². The quantitative estimate of drug-likeness (QED) is 0.839. The number of morpholine rings is 1. The molecule has 2 heterocycles. The summed E-state index contributed by atoms with van der Waals surface area (Å²) in [6.07, 6.45) is 5.76. The van der Waals surface area contributed by atoms with Gasteiger partial charge in [-0.1, -0.05) is 25.0 Å². The fraction of sp³-hybridized carbons (Fsp3) is 0.500. The van der Waals surface area contributed by atoms with Crippen LogP contribution in [0, 0.1) is 6.92 Å². The lowest BCUT2D eigenvalue weighted by Crippen LogP contribution is -2.54. The third-order valence-corrected chi connectivity index (χ3v) is 7.03. The van der Waals surface area contributed by atoms with Gasteiger partial charge in [0.25, 0.3) is 0 Å². The first kappa shape index (κ1) is 16.0. The zero-order valence-corrected chi connectivity index (χ0v) is 14.6. The Morgan fingerprint density at radius 3 is 2.96 bits per heavy atom. The van der Waals surface area contributed by atoms with Crippen LogP contribution in [-0.4, -0.2) is 43.0 Å². The van der Waals surface area contributed by atoms with Gasteiger partial charge >= 0.3 is 0 Å². The Hall–Kier alpha value is -1.50. The second kappa shape index (κ2) is 6.10. The Balaban J connectivity index is 1.80. The van der Waals surface area contributed by atoms with Crippen molar-refractivity contribution in [2.24, 2.45) is 0 Å². The van der Waals surface area contributed by atoms with Gasteiger partial charge in [0.1, 0.15) is 4.90 Å². The van der Waals surface area contributed by atoms with Crippen LogP contribution >= 0.6 is 0 Å². The van der Waals surface area contributed by atoms with Crippen molar-refractivity contribution in [3.8, 4) is 0 Å². The number of pyridine rings is 1. The van der Waals surface area contributed by atoms with Gasteiger partial charge in [-0.15, -0.1) is 0 Å². The van der Waals surface area contributed by atoms with Crippen LogP contribution in [0.1, 0.15) is 31.2 Å². The average Bonchev–Trinajstić information content (AvgIpc) is 2.60. The van der Waals surface area contributed by atoms with Gasteiger partial charge in [0, 0.05) is 18.1 Å². The van der Waals surface area contributed by atoms with Crippen LogP contribution in [0.3, 0.4) is 0 Å². The Morgan fingerprint density at radius 2 is 2.08 bits per heavy atom. The molecule has 128 valence electrons. The van der Waals surface area contributed by atoms with Crippen molar-refractivity contribution < 1.29 is 13.2 Å². The fourth-order valence-corrected chi connectivity index (χ4v) is 5.77. The van der Waals surface area contributed by atoms with Crippen LogP contribution in [0.25, 0.3) is 10.9 Å². The lowest BCUT2D eigenvalue weighted by Gasteiger charge is -2.42. The predicted molar refractivity (Wildman–Crippen MR) is 92.4 cm³/mol. The van der Waals surface area contributed by atoms with Crippen LogP contribution in [0.2, 0.25) is 0 Å². The van der Waals surface area contributed by atoms with E-state index < -0.39 is 10.0 Å². The number of aromatic nitrogens is 1. The van der Waals surface area contributed by atoms with Gasteiger partial charge in [0.15, 0.2) is 0 Å². The lowest BCUT2D eigenvalue weighted by molar-refractivity contribution is -0.0585. The van der Waals surface area contributed by atoms with Gasteiger partial charge in [0.05, 0.1) is 24.3 Å². The number of nitrogens with zero attached hydrogens (tertiary/aromatic N) is 2. The minimum absolute atomic E-state index is 0.0347. The highest BCUT2D eigenvalue weighted by atomic mass is 32.2. The number of hydrogen-bond acceptors (Lipinski definition) is 4. The predicted octanol–water partition coefficient (Wildman–Crippen LogP) is 2.88. The molecule has 24 heavy (non-hydrogen) atoms. The number of sulfonamides is 1. The number of para-hydroxylation sites is 1. The number of ether oxygens (including phenoxy) is 1. The summed E-state index contributed by atoms with van der Waals surface area (Å²) in [5, 5.41) is 0.865. The van der Waals surface area contributed by atoms with Crippen LogP contribution in [0.5, 0.6) is 0 Å². The molecule has 5 nitrogen and oxygen atoms in total. The van der Waals surface area contributed by atoms with Crippen LogP contribution < -0.4 is 0 Å². The zero-order chi connectivity index (χ0) is 16.7. The van der Waals surface area contributed by atoms with E-state index in [4.69, 9.17) is 4.74 Å². The molecule has 2 atom stereocenters. The second-order valence-corrected chi connectivity index (χ2v) is 8.58. The molecule has 0 N–H and O–H groups in total. The average molecular weight is 346 g/mol.